The molecule has 2 aliphatic heterocycles. The number of hydrogen-bond acceptors (Lipinski definition) is 6. The average Bonchev–Trinajstić information content (AvgIpc) is 3.31. The fraction of sp³-hybridized carbons (Fsp3) is 0.381. The SMILES string of the molecule is CCC1C(=O)NC(n2nc(C)cc2NC(=O)/C=C/c2ccc3c(c2)OCO3)NC1C. The Kier molecular flexibility index (Phi) is 5.45. The zero-order chi connectivity index (χ0) is 21.3. The molecule has 4 rings (SSSR count). The first-order chi connectivity index (χ1) is 14.4. The number of nitrogens with one attached hydrogen (secondary N) is 3. The molecule has 158 valence electrons. The number of hydrogen-bond donors (Lipinski definition) is 3. The lowest BCUT2D eigenvalue weighted by Gasteiger charge is -2.35. The molecule has 3 heterocycles. The largest absolute Gasteiger partial charge is 0.454 e. The lowest BCUT2D eigenvalue weighted by Crippen LogP contribution is -2.57. The van der Waals surface area contributed by atoms with E-state index in [0.717, 1.165) is 17.7 Å². The molecule has 0 aliphatic carbocycles. The molecule has 2 aromatic rings. The maximum absolute atomic E-state index is 12.5. The molecule has 0 spiro atoms. The van der Waals surface area contributed by atoms with Gasteiger partial charge in [0, 0.05) is 18.2 Å². The summed E-state index contributed by atoms with van der Waals surface area (Å²) in [4.78, 5) is 24.9. The molecule has 1 fully saturated rings. The molecule has 2 amide bonds. The van der Waals surface area contributed by atoms with Gasteiger partial charge in [0.1, 0.15) is 5.82 Å². The molecule has 0 bridgehead atoms. The average molecular weight is 411 g/mol. The smallest absolute Gasteiger partial charge is 0.249 e. The lowest BCUT2D eigenvalue weighted by atomic mass is 9.95. The minimum Gasteiger partial charge on any atom is -0.454 e. The van der Waals surface area contributed by atoms with Crippen molar-refractivity contribution < 1.29 is 19.1 Å². The van der Waals surface area contributed by atoms with Crippen LogP contribution >= 0.6 is 0 Å². The Labute approximate surface area is 174 Å². The fourth-order valence-corrected chi connectivity index (χ4v) is 3.71. The zero-order valence-corrected chi connectivity index (χ0v) is 17.1. The first-order valence-electron chi connectivity index (χ1n) is 9.96. The summed E-state index contributed by atoms with van der Waals surface area (Å²) in [5.41, 5.74) is 1.55. The number of anilines is 1. The van der Waals surface area contributed by atoms with E-state index in [1.165, 1.54) is 6.08 Å². The molecule has 2 aliphatic rings. The van der Waals surface area contributed by atoms with Crippen LogP contribution in [-0.4, -0.2) is 34.4 Å². The number of nitrogens with zero attached hydrogens (tertiary/aromatic N) is 2. The number of ether oxygens (including phenoxy) is 2. The molecule has 1 saturated heterocycles. The van der Waals surface area contributed by atoms with Gasteiger partial charge in [0.05, 0.1) is 11.6 Å². The molecule has 9 heteroatoms. The minimum absolute atomic E-state index is 0.00675. The molecule has 3 unspecified atom stereocenters. The van der Waals surface area contributed by atoms with Crippen molar-refractivity contribution in [3.05, 3.63) is 41.6 Å². The van der Waals surface area contributed by atoms with Gasteiger partial charge in [-0.15, -0.1) is 0 Å². The van der Waals surface area contributed by atoms with Gasteiger partial charge in [-0.05, 0) is 44.0 Å². The molecular weight excluding hydrogens is 386 g/mol. The number of aryl methyl sites for hydroxylation is 1. The molecule has 0 saturated carbocycles. The number of rotatable bonds is 5. The van der Waals surface area contributed by atoms with Crippen LogP contribution in [0.1, 0.15) is 37.8 Å². The first-order valence-corrected chi connectivity index (χ1v) is 9.96. The number of amides is 2. The Bertz CT molecular complexity index is 999. The molecule has 0 radical (unpaired) electrons. The second kappa shape index (κ2) is 8.19. The number of carbonyl (C=O) groups is 2. The van der Waals surface area contributed by atoms with Crippen molar-refractivity contribution in [1.29, 1.82) is 0 Å². The van der Waals surface area contributed by atoms with E-state index in [-0.39, 0.29) is 30.6 Å². The number of carbonyl (C=O) groups excluding carboxylic acids is 2. The molecular formula is C21H25N5O4. The topological polar surface area (TPSA) is 107 Å². The lowest BCUT2D eigenvalue weighted by molar-refractivity contribution is -0.130. The first kappa shape index (κ1) is 20.0. The molecule has 3 atom stereocenters. The van der Waals surface area contributed by atoms with Crippen LogP contribution in [-0.2, 0) is 9.59 Å². The van der Waals surface area contributed by atoms with Gasteiger partial charge in [0.15, 0.2) is 17.8 Å². The van der Waals surface area contributed by atoms with Crippen molar-refractivity contribution in [3.63, 3.8) is 0 Å². The number of aromatic nitrogens is 2. The van der Waals surface area contributed by atoms with E-state index >= 15 is 0 Å². The van der Waals surface area contributed by atoms with Crippen LogP contribution in [0, 0.1) is 12.8 Å². The van der Waals surface area contributed by atoms with Crippen molar-refractivity contribution in [2.45, 2.75) is 39.5 Å². The van der Waals surface area contributed by atoms with E-state index in [9.17, 15) is 9.59 Å². The van der Waals surface area contributed by atoms with Crippen LogP contribution < -0.4 is 25.4 Å². The molecule has 1 aromatic carbocycles. The Morgan fingerprint density at radius 3 is 2.90 bits per heavy atom. The third-order valence-corrected chi connectivity index (χ3v) is 5.26. The van der Waals surface area contributed by atoms with Crippen LogP contribution in [0.15, 0.2) is 30.3 Å². The zero-order valence-electron chi connectivity index (χ0n) is 17.1. The molecule has 3 N–H and O–H groups in total. The van der Waals surface area contributed by atoms with E-state index in [0.29, 0.717) is 17.3 Å². The standard InChI is InChI=1S/C21H25N5O4/c1-4-15-13(3)22-21(24-20(15)28)26-18(9-12(2)25-26)23-19(27)8-6-14-5-7-16-17(10-14)30-11-29-16/h5-10,13,15,21-22H,4,11H2,1-3H3,(H,23,27)(H,24,28)/b8-6+. The monoisotopic (exact) mass is 411 g/mol. The summed E-state index contributed by atoms with van der Waals surface area (Å²) in [5.74, 6) is 1.41. The summed E-state index contributed by atoms with van der Waals surface area (Å²) in [6.45, 7) is 5.99. The van der Waals surface area contributed by atoms with Gasteiger partial charge >= 0.3 is 0 Å². The highest BCUT2D eigenvalue weighted by Gasteiger charge is 2.34. The summed E-state index contributed by atoms with van der Waals surface area (Å²) in [5, 5.41) is 13.5. The van der Waals surface area contributed by atoms with Gasteiger partial charge in [-0.25, -0.2) is 4.68 Å². The summed E-state index contributed by atoms with van der Waals surface area (Å²) in [7, 11) is 0. The third kappa shape index (κ3) is 4.02. The predicted octanol–water partition coefficient (Wildman–Crippen LogP) is 2.16. The highest BCUT2D eigenvalue weighted by molar-refractivity contribution is 6.01. The van der Waals surface area contributed by atoms with Crippen molar-refractivity contribution in [1.82, 2.24) is 20.4 Å². The minimum atomic E-state index is -0.530. The number of fused-ring (bicyclic) bond motifs is 1. The van der Waals surface area contributed by atoms with Gasteiger partial charge < -0.3 is 20.1 Å². The highest BCUT2D eigenvalue weighted by atomic mass is 16.7. The Balaban J connectivity index is 1.46. The van der Waals surface area contributed by atoms with Gasteiger partial charge in [-0.3, -0.25) is 14.9 Å². The second-order valence-corrected chi connectivity index (χ2v) is 7.43. The summed E-state index contributed by atoms with van der Waals surface area (Å²) < 4.78 is 12.2. The Hall–Kier alpha value is -3.33. The predicted molar refractivity (Wildman–Crippen MR) is 111 cm³/mol. The van der Waals surface area contributed by atoms with Crippen molar-refractivity contribution in [2.24, 2.45) is 5.92 Å². The van der Waals surface area contributed by atoms with Crippen LogP contribution in [0.5, 0.6) is 11.5 Å². The third-order valence-electron chi connectivity index (χ3n) is 5.26. The van der Waals surface area contributed by atoms with Gasteiger partial charge in [-0.2, -0.15) is 5.10 Å². The quantitative estimate of drug-likeness (QED) is 0.651. The van der Waals surface area contributed by atoms with Crippen LogP contribution in [0.2, 0.25) is 0 Å². The van der Waals surface area contributed by atoms with Crippen molar-refractivity contribution in [2.75, 3.05) is 12.1 Å². The van der Waals surface area contributed by atoms with E-state index in [2.05, 4.69) is 21.0 Å². The molecule has 30 heavy (non-hydrogen) atoms. The molecule has 9 nitrogen and oxygen atoms in total. The van der Waals surface area contributed by atoms with Crippen LogP contribution in [0.25, 0.3) is 6.08 Å². The van der Waals surface area contributed by atoms with Crippen molar-refractivity contribution in [3.8, 4) is 11.5 Å². The second-order valence-electron chi connectivity index (χ2n) is 7.43. The van der Waals surface area contributed by atoms with Crippen molar-refractivity contribution >= 4 is 23.7 Å². The van der Waals surface area contributed by atoms with Crippen LogP contribution in [0.3, 0.4) is 0 Å². The normalized spacial score (nSPS) is 22.9. The number of benzene rings is 1. The maximum atomic E-state index is 12.5. The van der Waals surface area contributed by atoms with E-state index in [1.807, 2.05) is 32.9 Å². The van der Waals surface area contributed by atoms with Gasteiger partial charge in [0.25, 0.3) is 0 Å². The summed E-state index contributed by atoms with van der Waals surface area (Å²) in [6.07, 6.45) is 3.35. The van der Waals surface area contributed by atoms with Gasteiger partial charge in [-0.1, -0.05) is 13.0 Å². The van der Waals surface area contributed by atoms with E-state index < -0.39 is 6.29 Å². The highest BCUT2D eigenvalue weighted by Crippen LogP contribution is 2.32. The van der Waals surface area contributed by atoms with Crippen LogP contribution in [0.4, 0.5) is 5.82 Å². The van der Waals surface area contributed by atoms with E-state index in [1.54, 1.807) is 22.9 Å². The maximum Gasteiger partial charge on any atom is 0.249 e. The van der Waals surface area contributed by atoms with Gasteiger partial charge in [0.2, 0.25) is 18.6 Å². The fourth-order valence-electron chi connectivity index (χ4n) is 3.71. The molecule has 1 aromatic heterocycles. The van der Waals surface area contributed by atoms with E-state index in [4.69, 9.17) is 9.47 Å². The summed E-state index contributed by atoms with van der Waals surface area (Å²) >= 11 is 0. The summed E-state index contributed by atoms with van der Waals surface area (Å²) in [6, 6.07) is 7.22. The Morgan fingerprint density at radius 2 is 2.13 bits per heavy atom. The Morgan fingerprint density at radius 1 is 1.33 bits per heavy atom.